The lowest BCUT2D eigenvalue weighted by molar-refractivity contribution is 0.189. The zero-order chi connectivity index (χ0) is 7.11. The van der Waals surface area contributed by atoms with E-state index in [0.717, 1.165) is 13.0 Å². The molecule has 0 aliphatic rings. The highest BCUT2D eigenvalue weighted by Gasteiger charge is 1.96. The molecule has 0 bridgehead atoms. The summed E-state index contributed by atoms with van der Waals surface area (Å²) in [6.07, 6.45) is 2.88. The molecule has 1 unspecified atom stereocenters. The van der Waals surface area contributed by atoms with Gasteiger partial charge in [-0.3, -0.25) is 0 Å². The van der Waals surface area contributed by atoms with E-state index >= 15 is 0 Å². The van der Waals surface area contributed by atoms with Gasteiger partial charge in [-0.05, 0) is 13.5 Å². The van der Waals surface area contributed by atoms with Crippen molar-refractivity contribution in [3.8, 4) is 0 Å². The van der Waals surface area contributed by atoms with Crippen molar-refractivity contribution < 1.29 is 4.74 Å². The van der Waals surface area contributed by atoms with Crippen molar-refractivity contribution in [3.63, 3.8) is 0 Å². The van der Waals surface area contributed by atoms with E-state index in [2.05, 4.69) is 11.9 Å². The number of methoxy groups -OCH3 is 1. The Balaban J connectivity index is 3.20. The lowest BCUT2D eigenvalue weighted by atomic mass is 10.2. The molecule has 9 heavy (non-hydrogen) atoms. The summed E-state index contributed by atoms with van der Waals surface area (Å²) >= 11 is 0. The molecule has 2 nitrogen and oxygen atoms in total. The molecule has 0 amide bonds. The zero-order valence-corrected chi connectivity index (χ0v) is 6.18. The smallest absolute Gasteiger partial charge is 0.0480 e. The van der Waals surface area contributed by atoms with Crippen molar-refractivity contribution in [1.82, 2.24) is 5.32 Å². The first-order chi connectivity index (χ1) is 4.35. The molecule has 2 heteroatoms. The molecule has 0 radical (unpaired) electrons. The van der Waals surface area contributed by atoms with Crippen molar-refractivity contribution >= 4 is 0 Å². The second-order valence-corrected chi connectivity index (χ2v) is 1.91. The molecular formula is C7H15NO. The highest BCUT2D eigenvalue weighted by molar-refractivity contribution is 4.83. The molecular weight excluding hydrogens is 114 g/mol. The molecule has 0 aromatic rings. The number of rotatable bonds is 5. The van der Waals surface area contributed by atoms with Gasteiger partial charge in [-0.2, -0.15) is 0 Å². The SMILES string of the molecule is C=CC(CCOC)NC. The predicted molar refractivity (Wildman–Crippen MR) is 39.5 cm³/mol. The molecule has 0 fully saturated rings. The third kappa shape index (κ3) is 4.18. The minimum absolute atomic E-state index is 0.393. The number of ether oxygens (including phenoxy) is 1. The molecule has 0 aromatic heterocycles. The molecule has 0 heterocycles. The fourth-order valence-corrected chi connectivity index (χ4v) is 0.625. The van der Waals surface area contributed by atoms with Crippen LogP contribution in [0.5, 0.6) is 0 Å². The summed E-state index contributed by atoms with van der Waals surface area (Å²) in [5, 5.41) is 3.09. The molecule has 1 atom stereocenters. The van der Waals surface area contributed by atoms with Gasteiger partial charge in [0.1, 0.15) is 0 Å². The lowest BCUT2D eigenvalue weighted by Gasteiger charge is -2.08. The van der Waals surface area contributed by atoms with Crippen molar-refractivity contribution in [2.24, 2.45) is 0 Å². The van der Waals surface area contributed by atoms with Crippen LogP contribution in [-0.4, -0.2) is 26.8 Å². The van der Waals surface area contributed by atoms with E-state index in [9.17, 15) is 0 Å². The van der Waals surface area contributed by atoms with Gasteiger partial charge >= 0.3 is 0 Å². The second-order valence-electron chi connectivity index (χ2n) is 1.91. The van der Waals surface area contributed by atoms with Crippen LogP contribution in [0.3, 0.4) is 0 Å². The Morgan fingerprint density at radius 3 is 2.78 bits per heavy atom. The van der Waals surface area contributed by atoms with Gasteiger partial charge in [0.25, 0.3) is 0 Å². The number of hydrogen-bond donors (Lipinski definition) is 1. The predicted octanol–water partition coefficient (Wildman–Crippen LogP) is 0.797. The molecule has 0 aliphatic heterocycles. The van der Waals surface area contributed by atoms with Crippen molar-refractivity contribution in [1.29, 1.82) is 0 Å². The molecule has 0 saturated carbocycles. The summed E-state index contributed by atoms with van der Waals surface area (Å²) in [5.41, 5.74) is 0. The first-order valence-corrected chi connectivity index (χ1v) is 3.14. The maximum Gasteiger partial charge on any atom is 0.0480 e. The zero-order valence-electron chi connectivity index (χ0n) is 6.18. The van der Waals surface area contributed by atoms with E-state index in [1.807, 2.05) is 13.1 Å². The Hall–Kier alpha value is -0.340. The monoisotopic (exact) mass is 129 g/mol. The summed E-state index contributed by atoms with van der Waals surface area (Å²) in [5.74, 6) is 0. The Kier molecular flexibility index (Phi) is 5.57. The standard InChI is InChI=1S/C7H15NO/c1-4-7(8-2)5-6-9-3/h4,7-8H,1,5-6H2,2-3H3. The molecule has 0 aromatic carbocycles. The molecule has 0 saturated heterocycles. The van der Waals surface area contributed by atoms with Crippen molar-refractivity contribution in [2.75, 3.05) is 20.8 Å². The van der Waals surface area contributed by atoms with Crippen LogP contribution in [0.15, 0.2) is 12.7 Å². The van der Waals surface area contributed by atoms with E-state index in [0.29, 0.717) is 6.04 Å². The van der Waals surface area contributed by atoms with Gasteiger partial charge in [0, 0.05) is 19.8 Å². The maximum atomic E-state index is 4.89. The summed E-state index contributed by atoms with van der Waals surface area (Å²) < 4.78 is 4.89. The Morgan fingerprint density at radius 2 is 2.44 bits per heavy atom. The molecule has 0 aliphatic carbocycles. The summed E-state index contributed by atoms with van der Waals surface area (Å²) in [4.78, 5) is 0. The Labute approximate surface area is 56.9 Å². The summed E-state index contributed by atoms with van der Waals surface area (Å²) in [7, 11) is 3.62. The summed E-state index contributed by atoms with van der Waals surface area (Å²) in [6.45, 7) is 4.46. The van der Waals surface area contributed by atoms with E-state index < -0.39 is 0 Å². The normalized spacial score (nSPS) is 13.1. The maximum absolute atomic E-state index is 4.89. The molecule has 0 rings (SSSR count). The van der Waals surface area contributed by atoms with Gasteiger partial charge in [0.05, 0.1) is 0 Å². The van der Waals surface area contributed by atoms with Gasteiger partial charge in [0.2, 0.25) is 0 Å². The fraction of sp³-hybridized carbons (Fsp3) is 0.714. The van der Waals surface area contributed by atoms with Crippen LogP contribution in [0.2, 0.25) is 0 Å². The number of likely N-dealkylation sites (N-methyl/N-ethyl adjacent to an activating group) is 1. The van der Waals surface area contributed by atoms with Gasteiger partial charge in [-0.15, -0.1) is 6.58 Å². The third-order valence-corrected chi connectivity index (χ3v) is 1.29. The number of hydrogen-bond acceptors (Lipinski definition) is 2. The van der Waals surface area contributed by atoms with Crippen LogP contribution in [0, 0.1) is 0 Å². The second kappa shape index (κ2) is 5.79. The van der Waals surface area contributed by atoms with Crippen LogP contribution >= 0.6 is 0 Å². The molecule has 0 spiro atoms. The van der Waals surface area contributed by atoms with E-state index in [1.165, 1.54) is 0 Å². The Morgan fingerprint density at radius 1 is 1.78 bits per heavy atom. The topological polar surface area (TPSA) is 21.3 Å². The highest BCUT2D eigenvalue weighted by atomic mass is 16.5. The highest BCUT2D eigenvalue weighted by Crippen LogP contribution is 1.90. The first-order valence-electron chi connectivity index (χ1n) is 3.14. The van der Waals surface area contributed by atoms with E-state index in [-0.39, 0.29) is 0 Å². The largest absolute Gasteiger partial charge is 0.385 e. The summed E-state index contributed by atoms with van der Waals surface area (Å²) in [6, 6.07) is 0.393. The van der Waals surface area contributed by atoms with Crippen LogP contribution in [0.4, 0.5) is 0 Å². The van der Waals surface area contributed by atoms with Crippen LogP contribution < -0.4 is 5.32 Å². The van der Waals surface area contributed by atoms with E-state index in [1.54, 1.807) is 7.11 Å². The van der Waals surface area contributed by atoms with Gasteiger partial charge in [0.15, 0.2) is 0 Å². The van der Waals surface area contributed by atoms with Gasteiger partial charge in [-0.25, -0.2) is 0 Å². The minimum Gasteiger partial charge on any atom is -0.385 e. The average molecular weight is 129 g/mol. The average Bonchev–Trinajstić information content (AvgIpc) is 1.91. The minimum atomic E-state index is 0.393. The van der Waals surface area contributed by atoms with Crippen molar-refractivity contribution in [2.45, 2.75) is 12.5 Å². The molecule has 54 valence electrons. The van der Waals surface area contributed by atoms with Gasteiger partial charge < -0.3 is 10.1 Å². The number of nitrogens with one attached hydrogen (secondary N) is 1. The van der Waals surface area contributed by atoms with Gasteiger partial charge in [-0.1, -0.05) is 6.08 Å². The third-order valence-electron chi connectivity index (χ3n) is 1.29. The molecule has 1 N–H and O–H groups in total. The van der Waals surface area contributed by atoms with Crippen LogP contribution in [0.25, 0.3) is 0 Å². The first kappa shape index (κ1) is 8.66. The van der Waals surface area contributed by atoms with Crippen molar-refractivity contribution in [3.05, 3.63) is 12.7 Å². The van der Waals surface area contributed by atoms with Crippen LogP contribution in [-0.2, 0) is 4.74 Å². The Bertz CT molecular complexity index is 73.3. The van der Waals surface area contributed by atoms with E-state index in [4.69, 9.17) is 4.74 Å². The fourth-order valence-electron chi connectivity index (χ4n) is 0.625. The quantitative estimate of drug-likeness (QED) is 0.554. The lowest BCUT2D eigenvalue weighted by Crippen LogP contribution is -2.23. The van der Waals surface area contributed by atoms with Crippen LogP contribution in [0.1, 0.15) is 6.42 Å².